The number of carbonyl (C=O) groups is 1. The third-order valence-corrected chi connectivity index (χ3v) is 2.53. The van der Waals surface area contributed by atoms with Gasteiger partial charge in [-0.05, 0) is 24.6 Å². The van der Waals surface area contributed by atoms with Gasteiger partial charge in [0, 0.05) is 32.3 Å². The molecule has 0 fully saturated rings. The Hall–Kier alpha value is -1.39. The second-order valence-electron chi connectivity index (χ2n) is 3.83. The zero-order valence-corrected chi connectivity index (χ0v) is 10.5. The van der Waals surface area contributed by atoms with Gasteiger partial charge in [-0.2, -0.15) is 0 Å². The highest BCUT2D eigenvalue weighted by Crippen LogP contribution is 2.07. The molecule has 0 heterocycles. The van der Waals surface area contributed by atoms with E-state index in [1.807, 2.05) is 25.1 Å². The van der Waals surface area contributed by atoms with Crippen molar-refractivity contribution >= 4 is 5.91 Å². The maximum atomic E-state index is 12.0. The third-order valence-electron chi connectivity index (χ3n) is 2.53. The van der Waals surface area contributed by atoms with Crippen molar-refractivity contribution in [2.45, 2.75) is 13.5 Å². The molecule has 17 heavy (non-hydrogen) atoms. The largest absolute Gasteiger partial charge is 0.380 e. The number of benzene rings is 1. The summed E-state index contributed by atoms with van der Waals surface area (Å²) in [6.45, 7) is 4.22. The Labute approximate surface area is 102 Å². The topological polar surface area (TPSA) is 55.6 Å². The predicted molar refractivity (Wildman–Crippen MR) is 67.8 cm³/mol. The SMILES string of the molecule is CCOCCN(C)C(=O)c1cccc(CN)c1. The minimum absolute atomic E-state index is 0.00000283. The molecular formula is C13H20N2O2. The molecule has 1 aromatic rings. The molecule has 1 aromatic carbocycles. The quantitative estimate of drug-likeness (QED) is 0.756. The van der Waals surface area contributed by atoms with E-state index in [9.17, 15) is 4.79 Å². The van der Waals surface area contributed by atoms with Gasteiger partial charge in [0.1, 0.15) is 0 Å². The summed E-state index contributed by atoms with van der Waals surface area (Å²) in [4.78, 5) is 13.7. The average molecular weight is 236 g/mol. The van der Waals surface area contributed by atoms with E-state index in [1.54, 1.807) is 18.0 Å². The maximum Gasteiger partial charge on any atom is 0.253 e. The van der Waals surface area contributed by atoms with Crippen LogP contribution in [0, 0.1) is 0 Å². The van der Waals surface area contributed by atoms with Crippen molar-refractivity contribution in [3.63, 3.8) is 0 Å². The number of carbonyl (C=O) groups excluding carboxylic acids is 1. The normalized spacial score (nSPS) is 10.3. The van der Waals surface area contributed by atoms with E-state index in [0.29, 0.717) is 31.9 Å². The minimum Gasteiger partial charge on any atom is -0.380 e. The van der Waals surface area contributed by atoms with Crippen LogP contribution in [-0.2, 0) is 11.3 Å². The average Bonchev–Trinajstić information content (AvgIpc) is 2.38. The van der Waals surface area contributed by atoms with Crippen molar-refractivity contribution in [3.8, 4) is 0 Å². The standard InChI is InChI=1S/C13H20N2O2/c1-3-17-8-7-15(2)13(16)12-6-4-5-11(9-12)10-14/h4-6,9H,3,7-8,10,14H2,1-2H3. The second kappa shape index (κ2) is 7.04. The first kappa shape index (κ1) is 13.7. The van der Waals surface area contributed by atoms with Gasteiger partial charge in [-0.25, -0.2) is 0 Å². The lowest BCUT2D eigenvalue weighted by atomic mass is 10.1. The summed E-state index contributed by atoms with van der Waals surface area (Å²) in [5.41, 5.74) is 7.19. The minimum atomic E-state index is 0.00000283. The maximum absolute atomic E-state index is 12.0. The molecular weight excluding hydrogens is 216 g/mol. The Balaban J connectivity index is 2.61. The number of ether oxygens (including phenoxy) is 1. The van der Waals surface area contributed by atoms with Crippen LogP contribution in [-0.4, -0.2) is 37.6 Å². The van der Waals surface area contributed by atoms with Crippen molar-refractivity contribution in [1.82, 2.24) is 4.90 Å². The van der Waals surface area contributed by atoms with Gasteiger partial charge in [-0.15, -0.1) is 0 Å². The lowest BCUT2D eigenvalue weighted by Gasteiger charge is -2.17. The van der Waals surface area contributed by atoms with Crippen LogP contribution in [0.25, 0.3) is 0 Å². The van der Waals surface area contributed by atoms with Crippen molar-refractivity contribution in [3.05, 3.63) is 35.4 Å². The van der Waals surface area contributed by atoms with Gasteiger partial charge in [0.25, 0.3) is 5.91 Å². The van der Waals surface area contributed by atoms with Crippen LogP contribution in [0.3, 0.4) is 0 Å². The van der Waals surface area contributed by atoms with E-state index in [-0.39, 0.29) is 5.91 Å². The molecule has 4 nitrogen and oxygen atoms in total. The summed E-state index contributed by atoms with van der Waals surface area (Å²) in [5.74, 6) is 0.00000283. The monoisotopic (exact) mass is 236 g/mol. The molecule has 1 amide bonds. The highest BCUT2D eigenvalue weighted by atomic mass is 16.5. The lowest BCUT2D eigenvalue weighted by molar-refractivity contribution is 0.0710. The van der Waals surface area contributed by atoms with Gasteiger partial charge in [0.05, 0.1) is 6.61 Å². The van der Waals surface area contributed by atoms with Crippen LogP contribution in [0.4, 0.5) is 0 Å². The zero-order valence-electron chi connectivity index (χ0n) is 10.5. The van der Waals surface area contributed by atoms with E-state index in [4.69, 9.17) is 10.5 Å². The Bertz CT molecular complexity index is 366. The van der Waals surface area contributed by atoms with Crippen LogP contribution >= 0.6 is 0 Å². The molecule has 0 aliphatic carbocycles. The Morgan fingerprint density at radius 2 is 2.24 bits per heavy atom. The molecule has 0 saturated carbocycles. The fourth-order valence-corrected chi connectivity index (χ4v) is 1.50. The summed E-state index contributed by atoms with van der Waals surface area (Å²) in [6, 6.07) is 7.40. The van der Waals surface area contributed by atoms with E-state index >= 15 is 0 Å². The number of nitrogens with two attached hydrogens (primary N) is 1. The summed E-state index contributed by atoms with van der Waals surface area (Å²) in [6.07, 6.45) is 0. The third kappa shape index (κ3) is 4.17. The lowest BCUT2D eigenvalue weighted by Crippen LogP contribution is -2.30. The van der Waals surface area contributed by atoms with Crippen LogP contribution in [0.5, 0.6) is 0 Å². The number of hydrogen-bond acceptors (Lipinski definition) is 3. The molecule has 0 aromatic heterocycles. The van der Waals surface area contributed by atoms with E-state index in [0.717, 1.165) is 5.56 Å². The molecule has 0 radical (unpaired) electrons. The smallest absolute Gasteiger partial charge is 0.253 e. The summed E-state index contributed by atoms with van der Waals surface area (Å²) < 4.78 is 5.22. The molecule has 0 aliphatic rings. The molecule has 1 rings (SSSR count). The molecule has 4 heteroatoms. The molecule has 0 unspecified atom stereocenters. The van der Waals surface area contributed by atoms with Crippen LogP contribution < -0.4 is 5.73 Å². The van der Waals surface area contributed by atoms with Crippen molar-refractivity contribution in [2.75, 3.05) is 26.8 Å². The number of amides is 1. The molecule has 2 N–H and O–H groups in total. The van der Waals surface area contributed by atoms with Crippen molar-refractivity contribution in [2.24, 2.45) is 5.73 Å². The molecule has 94 valence electrons. The Kier molecular flexibility index (Phi) is 5.66. The van der Waals surface area contributed by atoms with Crippen LogP contribution in [0.15, 0.2) is 24.3 Å². The van der Waals surface area contributed by atoms with Crippen molar-refractivity contribution < 1.29 is 9.53 Å². The molecule has 0 atom stereocenters. The fraction of sp³-hybridized carbons (Fsp3) is 0.462. The first-order valence-electron chi connectivity index (χ1n) is 5.81. The van der Waals surface area contributed by atoms with Crippen molar-refractivity contribution in [1.29, 1.82) is 0 Å². The van der Waals surface area contributed by atoms with Crippen LogP contribution in [0.1, 0.15) is 22.8 Å². The highest BCUT2D eigenvalue weighted by molar-refractivity contribution is 5.94. The molecule has 0 spiro atoms. The zero-order chi connectivity index (χ0) is 12.7. The number of likely N-dealkylation sites (N-methyl/N-ethyl adjacent to an activating group) is 1. The predicted octanol–water partition coefficient (Wildman–Crippen LogP) is 1.25. The highest BCUT2D eigenvalue weighted by Gasteiger charge is 2.11. The Morgan fingerprint density at radius 3 is 2.88 bits per heavy atom. The number of rotatable bonds is 6. The fourth-order valence-electron chi connectivity index (χ4n) is 1.50. The van der Waals surface area contributed by atoms with E-state index in [2.05, 4.69) is 0 Å². The van der Waals surface area contributed by atoms with Gasteiger partial charge >= 0.3 is 0 Å². The van der Waals surface area contributed by atoms with Gasteiger partial charge in [-0.3, -0.25) is 4.79 Å². The molecule has 0 bridgehead atoms. The number of hydrogen-bond donors (Lipinski definition) is 1. The van der Waals surface area contributed by atoms with Crippen LogP contribution in [0.2, 0.25) is 0 Å². The van der Waals surface area contributed by atoms with E-state index < -0.39 is 0 Å². The Morgan fingerprint density at radius 1 is 1.47 bits per heavy atom. The first-order chi connectivity index (χ1) is 8.19. The van der Waals surface area contributed by atoms with Gasteiger partial charge in [0.2, 0.25) is 0 Å². The van der Waals surface area contributed by atoms with Gasteiger partial charge in [0.15, 0.2) is 0 Å². The van der Waals surface area contributed by atoms with Gasteiger partial charge < -0.3 is 15.4 Å². The van der Waals surface area contributed by atoms with E-state index in [1.165, 1.54) is 0 Å². The summed E-state index contributed by atoms with van der Waals surface area (Å²) in [7, 11) is 1.77. The summed E-state index contributed by atoms with van der Waals surface area (Å²) in [5, 5.41) is 0. The molecule has 0 aliphatic heterocycles. The first-order valence-corrected chi connectivity index (χ1v) is 5.81. The van der Waals surface area contributed by atoms with Gasteiger partial charge in [-0.1, -0.05) is 12.1 Å². The summed E-state index contributed by atoms with van der Waals surface area (Å²) >= 11 is 0. The molecule has 0 saturated heterocycles. The second-order valence-corrected chi connectivity index (χ2v) is 3.83. The number of nitrogens with zero attached hydrogens (tertiary/aromatic N) is 1.